The van der Waals surface area contributed by atoms with Crippen LogP contribution in [0.5, 0.6) is 0 Å². The first kappa shape index (κ1) is 23.2. The van der Waals surface area contributed by atoms with E-state index in [0.717, 1.165) is 17.0 Å². The minimum Gasteiger partial charge on any atom is -0.334 e. The van der Waals surface area contributed by atoms with Crippen LogP contribution in [-0.4, -0.2) is 17.9 Å². The highest BCUT2D eigenvalue weighted by Crippen LogP contribution is 2.42. The van der Waals surface area contributed by atoms with E-state index in [1.807, 2.05) is 13.8 Å². The van der Waals surface area contributed by atoms with Gasteiger partial charge in [0, 0.05) is 10.0 Å². The highest BCUT2D eigenvalue weighted by Gasteiger charge is 2.31. The number of hydrogen-bond acceptors (Lipinski definition) is 1. The first-order chi connectivity index (χ1) is 13.8. The molecule has 0 atom stereocenters. The molecular weight excluding hydrogens is 470 g/mol. The second kappa shape index (κ2) is 10.1. The summed E-state index contributed by atoms with van der Waals surface area (Å²) >= 11 is 9.22. The summed E-state index contributed by atoms with van der Waals surface area (Å²) in [6.07, 6.45) is -1.28. The lowest BCUT2D eigenvalue weighted by Gasteiger charge is -2.34. The monoisotopic (exact) mass is 487 g/mol. The standard InChI is InChI=1S/C20H13BrClF4N.C2H6/c1-11-15(22)9-14(12-5-3-2-4-6-12)20(27(11)10-18(25)26)19-16(23)7-13(21)8-17(19)24;1-2/h2-9,18H,1,10H2;1-2H3. The molecule has 1 nitrogen and oxygen atoms in total. The molecule has 0 bridgehead atoms. The molecule has 0 fully saturated rings. The quantitative estimate of drug-likeness (QED) is 0.396. The second-order valence-electron chi connectivity index (χ2n) is 5.81. The van der Waals surface area contributed by atoms with Gasteiger partial charge in [0.1, 0.15) is 11.6 Å². The van der Waals surface area contributed by atoms with Gasteiger partial charge in [-0.15, -0.1) is 0 Å². The van der Waals surface area contributed by atoms with Crippen LogP contribution in [0.25, 0.3) is 11.3 Å². The van der Waals surface area contributed by atoms with E-state index in [2.05, 4.69) is 22.5 Å². The van der Waals surface area contributed by atoms with E-state index >= 15 is 0 Å². The van der Waals surface area contributed by atoms with Gasteiger partial charge in [-0.05, 0) is 23.8 Å². The van der Waals surface area contributed by atoms with Crippen molar-refractivity contribution in [3.05, 3.63) is 93.1 Å². The molecule has 7 heteroatoms. The number of benzene rings is 2. The Labute approximate surface area is 181 Å². The van der Waals surface area contributed by atoms with Crippen molar-refractivity contribution in [2.75, 3.05) is 6.54 Å². The van der Waals surface area contributed by atoms with Gasteiger partial charge in [-0.3, -0.25) is 0 Å². The SMILES string of the molecule is C=C1C(Cl)=CC(c2ccccc2)=C(c2c(F)cc(Br)cc2F)N1CC(F)F.CC. The van der Waals surface area contributed by atoms with Gasteiger partial charge in [0.15, 0.2) is 0 Å². The zero-order valence-electron chi connectivity index (χ0n) is 15.8. The smallest absolute Gasteiger partial charge is 0.256 e. The number of alkyl halides is 2. The van der Waals surface area contributed by atoms with Gasteiger partial charge >= 0.3 is 0 Å². The summed E-state index contributed by atoms with van der Waals surface area (Å²) in [6, 6.07) is 10.8. The molecule has 1 heterocycles. The number of halogens is 6. The molecule has 2 aromatic rings. The molecule has 0 aromatic heterocycles. The van der Waals surface area contributed by atoms with Crippen LogP contribution in [0.2, 0.25) is 0 Å². The molecule has 2 aromatic carbocycles. The van der Waals surface area contributed by atoms with Gasteiger partial charge in [-0.2, -0.15) is 0 Å². The van der Waals surface area contributed by atoms with Crippen molar-refractivity contribution in [1.82, 2.24) is 4.90 Å². The summed E-state index contributed by atoms with van der Waals surface area (Å²) in [5, 5.41) is 0.121. The Balaban J connectivity index is 0.00000145. The van der Waals surface area contributed by atoms with Crippen molar-refractivity contribution in [1.29, 1.82) is 0 Å². The first-order valence-electron chi connectivity index (χ1n) is 8.86. The van der Waals surface area contributed by atoms with Gasteiger partial charge in [-0.25, -0.2) is 17.6 Å². The average molecular weight is 489 g/mol. The molecular formula is C22H19BrClF4N. The molecule has 0 aliphatic carbocycles. The molecule has 0 amide bonds. The van der Waals surface area contributed by atoms with Crippen LogP contribution in [0.15, 0.2) is 70.3 Å². The van der Waals surface area contributed by atoms with E-state index in [1.165, 1.54) is 6.08 Å². The first-order valence-corrected chi connectivity index (χ1v) is 10.0. The highest BCUT2D eigenvalue weighted by molar-refractivity contribution is 9.10. The molecule has 0 saturated carbocycles. The molecule has 0 saturated heterocycles. The Morgan fingerprint density at radius 1 is 1.07 bits per heavy atom. The van der Waals surface area contributed by atoms with E-state index in [4.69, 9.17) is 11.6 Å². The van der Waals surface area contributed by atoms with Crippen molar-refractivity contribution < 1.29 is 17.6 Å². The predicted octanol–water partition coefficient (Wildman–Crippen LogP) is 7.84. The highest BCUT2D eigenvalue weighted by atomic mass is 79.9. The third-order valence-corrected chi connectivity index (χ3v) is 4.83. The zero-order valence-corrected chi connectivity index (χ0v) is 18.2. The van der Waals surface area contributed by atoms with Crippen LogP contribution in [0.4, 0.5) is 17.6 Å². The van der Waals surface area contributed by atoms with Gasteiger partial charge in [0.25, 0.3) is 6.43 Å². The second-order valence-corrected chi connectivity index (χ2v) is 7.14. The molecule has 1 aliphatic heterocycles. The van der Waals surface area contributed by atoms with Crippen LogP contribution in [0.3, 0.4) is 0 Å². The van der Waals surface area contributed by atoms with Gasteiger partial charge < -0.3 is 4.90 Å². The normalized spacial score (nSPS) is 14.0. The fraction of sp³-hybridized carbons (Fsp3) is 0.182. The maximum Gasteiger partial charge on any atom is 0.256 e. The van der Waals surface area contributed by atoms with E-state index in [9.17, 15) is 17.6 Å². The van der Waals surface area contributed by atoms with Crippen molar-refractivity contribution in [3.63, 3.8) is 0 Å². The molecule has 154 valence electrons. The van der Waals surface area contributed by atoms with Crippen molar-refractivity contribution in [2.45, 2.75) is 20.3 Å². The average Bonchev–Trinajstić information content (AvgIpc) is 2.68. The Morgan fingerprint density at radius 2 is 1.62 bits per heavy atom. The number of nitrogens with zero attached hydrogens (tertiary/aromatic N) is 1. The largest absolute Gasteiger partial charge is 0.334 e. The lowest BCUT2D eigenvalue weighted by atomic mass is 9.94. The summed E-state index contributed by atoms with van der Waals surface area (Å²) in [7, 11) is 0. The Bertz CT molecular complexity index is 932. The van der Waals surface area contributed by atoms with Gasteiger partial charge in [-0.1, -0.05) is 78.3 Å². The lowest BCUT2D eigenvalue weighted by Crippen LogP contribution is -2.30. The van der Waals surface area contributed by atoms with Gasteiger partial charge in [0.05, 0.1) is 28.5 Å². The van der Waals surface area contributed by atoms with Crippen LogP contribution < -0.4 is 0 Å². The maximum atomic E-state index is 14.7. The molecule has 0 unspecified atom stereocenters. The fourth-order valence-corrected chi connectivity index (χ4v) is 3.52. The predicted molar refractivity (Wildman–Crippen MR) is 114 cm³/mol. The molecule has 29 heavy (non-hydrogen) atoms. The number of allylic oxidation sites excluding steroid dienone is 3. The minimum absolute atomic E-state index is 0.0431. The molecule has 0 radical (unpaired) electrons. The molecule has 1 aliphatic rings. The Kier molecular flexibility index (Phi) is 8.11. The van der Waals surface area contributed by atoms with Crippen LogP contribution >= 0.6 is 27.5 Å². The lowest BCUT2D eigenvalue weighted by molar-refractivity contribution is 0.123. The Hall–Kier alpha value is -2.05. The summed E-state index contributed by atoms with van der Waals surface area (Å²) in [5.74, 6) is -1.77. The van der Waals surface area contributed by atoms with Crippen LogP contribution in [0, 0.1) is 11.6 Å². The van der Waals surface area contributed by atoms with Crippen LogP contribution in [-0.2, 0) is 0 Å². The topological polar surface area (TPSA) is 3.24 Å². The molecule has 3 rings (SSSR count). The Morgan fingerprint density at radius 3 is 2.14 bits per heavy atom. The maximum absolute atomic E-state index is 14.7. The van der Waals surface area contributed by atoms with Crippen molar-refractivity contribution >= 4 is 38.8 Å². The third-order valence-electron chi connectivity index (χ3n) is 4.05. The van der Waals surface area contributed by atoms with Gasteiger partial charge in [0.2, 0.25) is 0 Å². The number of rotatable bonds is 4. The summed E-state index contributed by atoms with van der Waals surface area (Å²) in [5.41, 5.74) is 0.499. The van der Waals surface area contributed by atoms with Crippen molar-refractivity contribution in [3.8, 4) is 0 Å². The van der Waals surface area contributed by atoms with Crippen LogP contribution in [0.1, 0.15) is 25.0 Å². The summed E-state index contributed by atoms with van der Waals surface area (Å²) < 4.78 is 56.1. The van der Waals surface area contributed by atoms with E-state index < -0.39 is 30.2 Å². The van der Waals surface area contributed by atoms with E-state index in [1.54, 1.807) is 30.3 Å². The fourth-order valence-electron chi connectivity index (χ4n) is 2.90. The molecule has 0 N–H and O–H groups in total. The molecule has 0 spiro atoms. The zero-order chi connectivity index (χ0) is 21.7. The summed E-state index contributed by atoms with van der Waals surface area (Å²) in [4.78, 5) is 1.06. The van der Waals surface area contributed by atoms with E-state index in [-0.39, 0.29) is 20.9 Å². The summed E-state index contributed by atoms with van der Waals surface area (Å²) in [6.45, 7) is 6.91. The minimum atomic E-state index is -2.77. The van der Waals surface area contributed by atoms with Crippen molar-refractivity contribution in [2.24, 2.45) is 0 Å². The van der Waals surface area contributed by atoms with E-state index in [0.29, 0.717) is 11.1 Å². The third kappa shape index (κ3) is 5.11. The number of hydrogen-bond donors (Lipinski definition) is 0.